The molecule has 0 aliphatic heterocycles. The molecule has 2 rings (SSSR count). The maximum atomic E-state index is 5.63. The zero-order valence-electron chi connectivity index (χ0n) is 8.11. The maximum absolute atomic E-state index is 5.63. The van der Waals surface area contributed by atoms with Gasteiger partial charge in [0.05, 0.1) is 17.9 Å². The van der Waals surface area contributed by atoms with Gasteiger partial charge < -0.3 is 5.73 Å². The van der Waals surface area contributed by atoms with Crippen LogP contribution < -0.4 is 5.73 Å². The van der Waals surface area contributed by atoms with Gasteiger partial charge in [-0.05, 0) is 25.7 Å². The van der Waals surface area contributed by atoms with E-state index < -0.39 is 0 Å². The van der Waals surface area contributed by atoms with Gasteiger partial charge in [-0.15, -0.1) is 0 Å². The van der Waals surface area contributed by atoms with Gasteiger partial charge in [0.15, 0.2) is 0 Å². The summed E-state index contributed by atoms with van der Waals surface area (Å²) in [6.07, 6.45) is 9.12. The molecule has 2 N–H and O–H groups in total. The normalized spacial score (nSPS) is 20.7. The van der Waals surface area contributed by atoms with Gasteiger partial charge in [-0.2, -0.15) is 5.10 Å². The molecule has 0 amide bonds. The van der Waals surface area contributed by atoms with Crippen LogP contribution in [0.15, 0.2) is 12.4 Å². The van der Waals surface area contributed by atoms with E-state index in [4.69, 9.17) is 5.73 Å². The van der Waals surface area contributed by atoms with Crippen LogP contribution in [0, 0.1) is 5.92 Å². The van der Waals surface area contributed by atoms with Crippen molar-refractivity contribution in [3.8, 4) is 0 Å². The molecule has 1 heterocycles. The Balaban J connectivity index is 2.07. The predicted molar refractivity (Wildman–Crippen MR) is 53.3 cm³/mol. The summed E-state index contributed by atoms with van der Waals surface area (Å²) in [5.41, 5.74) is 6.40. The predicted octanol–water partition coefficient (Wildman–Crippen LogP) is 2.22. The quantitative estimate of drug-likeness (QED) is 0.756. The summed E-state index contributed by atoms with van der Waals surface area (Å²) < 4.78 is 2.01. The second kappa shape index (κ2) is 3.40. The van der Waals surface area contributed by atoms with Gasteiger partial charge in [0, 0.05) is 6.20 Å². The third kappa shape index (κ3) is 1.69. The van der Waals surface area contributed by atoms with E-state index in [-0.39, 0.29) is 0 Å². The minimum atomic E-state index is 0.514. The molecule has 1 aliphatic carbocycles. The lowest BCUT2D eigenvalue weighted by Gasteiger charge is -2.18. The van der Waals surface area contributed by atoms with Gasteiger partial charge in [0.25, 0.3) is 0 Å². The van der Waals surface area contributed by atoms with Crippen LogP contribution in [0.2, 0.25) is 0 Å². The summed E-state index contributed by atoms with van der Waals surface area (Å²) in [7, 11) is 0. The number of hydrogen-bond acceptors (Lipinski definition) is 2. The van der Waals surface area contributed by atoms with Gasteiger partial charge in [-0.3, -0.25) is 4.68 Å². The van der Waals surface area contributed by atoms with E-state index in [9.17, 15) is 0 Å². The molecular weight excluding hydrogens is 162 g/mol. The number of anilines is 1. The highest BCUT2D eigenvalue weighted by atomic mass is 15.3. The molecule has 72 valence electrons. The van der Waals surface area contributed by atoms with Crippen LogP contribution in [-0.2, 0) is 0 Å². The molecule has 1 aromatic heterocycles. The van der Waals surface area contributed by atoms with E-state index in [0.717, 1.165) is 11.6 Å². The Morgan fingerprint density at radius 2 is 2.23 bits per heavy atom. The lowest BCUT2D eigenvalue weighted by molar-refractivity contribution is 0.335. The molecule has 0 bridgehead atoms. The summed E-state index contributed by atoms with van der Waals surface area (Å²) in [5, 5.41) is 4.25. The summed E-state index contributed by atoms with van der Waals surface area (Å²) in [6.45, 7) is 2.24. The van der Waals surface area contributed by atoms with Crippen molar-refractivity contribution in [3.05, 3.63) is 12.4 Å². The highest BCUT2D eigenvalue weighted by molar-refractivity contribution is 5.30. The molecule has 1 saturated carbocycles. The third-order valence-electron chi connectivity index (χ3n) is 3.12. The second-order valence-electron chi connectivity index (χ2n) is 4.04. The van der Waals surface area contributed by atoms with Crippen molar-refractivity contribution in [1.29, 1.82) is 0 Å². The SMILES string of the molecule is CC(C1CCCC1)n1cc(N)cn1. The number of nitrogens with zero attached hydrogens (tertiary/aromatic N) is 2. The standard InChI is InChI=1S/C10H17N3/c1-8(9-4-2-3-5-9)13-7-10(11)6-12-13/h6-9H,2-5,11H2,1H3. The van der Waals surface area contributed by atoms with Crippen molar-refractivity contribution < 1.29 is 0 Å². The van der Waals surface area contributed by atoms with Crippen LogP contribution in [-0.4, -0.2) is 9.78 Å². The fourth-order valence-corrected chi connectivity index (χ4v) is 2.23. The Labute approximate surface area is 78.9 Å². The Bertz CT molecular complexity index is 273. The molecule has 13 heavy (non-hydrogen) atoms. The smallest absolute Gasteiger partial charge is 0.0719 e. The number of aromatic nitrogens is 2. The molecular formula is C10H17N3. The number of nitrogen functional groups attached to an aromatic ring is 1. The monoisotopic (exact) mass is 179 g/mol. The van der Waals surface area contributed by atoms with Crippen molar-refractivity contribution in [2.45, 2.75) is 38.6 Å². The fraction of sp³-hybridized carbons (Fsp3) is 0.700. The lowest BCUT2D eigenvalue weighted by Crippen LogP contribution is -2.14. The summed E-state index contributed by atoms with van der Waals surface area (Å²) in [4.78, 5) is 0. The van der Waals surface area contributed by atoms with Crippen LogP contribution in [0.3, 0.4) is 0 Å². The Kier molecular flexibility index (Phi) is 2.25. The molecule has 0 radical (unpaired) electrons. The molecule has 3 nitrogen and oxygen atoms in total. The Morgan fingerprint density at radius 1 is 1.54 bits per heavy atom. The minimum Gasteiger partial charge on any atom is -0.396 e. The van der Waals surface area contributed by atoms with Gasteiger partial charge in [0.1, 0.15) is 0 Å². The molecule has 1 aromatic rings. The van der Waals surface area contributed by atoms with E-state index in [0.29, 0.717) is 6.04 Å². The van der Waals surface area contributed by atoms with Crippen LogP contribution >= 0.6 is 0 Å². The van der Waals surface area contributed by atoms with E-state index in [1.165, 1.54) is 25.7 Å². The van der Waals surface area contributed by atoms with E-state index in [1.54, 1.807) is 6.20 Å². The average Bonchev–Trinajstić information content (AvgIpc) is 2.72. The molecule has 0 spiro atoms. The molecule has 1 fully saturated rings. The largest absolute Gasteiger partial charge is 0.396 e. The van der Waals surface area contributed by atoms with Crippen LogP contribution in [0.25, 0.3) is 0 Å². The molecule has 0 aromatic carbocycles. The zero-order valence-corrected chi connectivity index (χ0v) is 8.11. The fourth-order valence-electron chi connectivity index (χ4n) is 2.23. The molecule has 1 unspecified atom stereocenters. The van der Waals surface area contributed by atoms with Crippen molar-refractivity contribution in [1.82, 2.24) is 9.78 Å². The third-order valence-corrected chi connectivity index (χ3v) is 3.12. The summed E-state index contributed by atoms with van der Waals surface area (Å²) in [5.74, 6) is 0.805. The summed E-state index contributed by atoms with van der Waals surface area (Å²) in [6, 6.07) is 0.514. The van der Waals surface area contributed by atoms with Crippen LogP contribution in [0.4, 0.5) is 5.69 Å². The number of nitrogens with two attached hydrogens (primary N) is 1. The Morgan fingerprint density at radius 3 is 2.77 bits per heavy atom. The second-order valence-corrected chi connectivity index (χ2v) is 4.04. The number of hydrogen-bond donors (Lipinski definition) is 1. The molecule has 3 heteroatoms. The molecule has 0 saturated heterocycles. The van der Waals surface area contributed by atoms with E-state index in [1.807, 2.05) is 10.9 Å². The Hall–Kier alpha value is -0.990. The first kappa shape index (κ1) is 8.60. The topological polar surface area (TPSA) is 43.8 Å². The first-order chi connectivity index (χ1) is 6.27. The van der Waals surface area contributed by atoms with Crippen molar-refractivity contribution in [2.75, 3.05) is 5.73 Å². The van der Waals surface area contributed by atoms with Gasteiger partial charge in [-0.25, -0.2) is 0 Å². The maximum Gasteiger partial charge on any atom is 0.0719 e. The van der Waals surface area contributed by atoms with E-state index in [2.05, 4.69) is 12.0 Å². The zero-order chi connectivity index (χ0) is 9.26. The highest BCUT2D eigenvalue weighted by Gasteiger charge is 2.22. The van der Waals surface area contributed by atoms with Gasteiger partial charge in [-0.1, -0.05) is 12.8 Å². The lowest BCUT2D eigenvalue weighted by atomic mass is 10.0. The minimum absolute atomic E-state index is 0.514. The molecule has 1 atom stereocenters. The molecule has 1 aliphatic rings. The van der Waals surface area contributed by atoms with Crippen LogP contribution in [0.1, 0.15) is 38.6 Å². The van der Waals surface area contributed by atoms with Crippen molar-refractivity contribution >= 4 is 5.69 Å². The average molecular weight is 179 g/mol. The van der Waals surface area contributed by atoms with E-state index >= 15 is 0 Å². The van der Waals surface area contributed by atoms with Gasteiger partial charge >= 0.3 is 0 Å². The first-order valence-corrected chi connectivity index (χ1v) is 5.07. The first-order valence-electron chi connectivity index (χ1n) is 5.07. The van der Waals surface area contributed by atoms with Gasteiger partial charge in [0.2, 0.25) is 0 Å². The van der Waals surface area contributed by atoms with Crippen molar-refractivity contribution in [2.24, 2.45) is 5.92 Å². The van der Waals surface area contributed by atoms with Crippen LogP contribution in [0.5, 0.6) is 0 Å². The van der Waals surface area contributed by atoms with Crippen molar-refractivity contribution in [3.63, 3.8) is 0 Å². The summed E-state index contributed by atoms with van der Waals surface area (Å²) >= 11 is 0. The highest BCUT2D eigenvalue weighted by Crippen LogP contribution is 2.33. The number of rotatable bonds is 2.